The fourth-order valence-electron chi connectivity index (χ4n) is 1.23. The van der Waals surface area contributed by atoms with Gasteiger partial charge in [0.05, 0.1) is 0 Å². The van der Waals surface area contributed by atoms with Crippen LogP contribution in [0.1, 0.15) is 18.9 Å². The normalized spacial score (nSPS) is 11.4. The molecule has 0 saturated carbocycles. The zero-order chi connectivity index (χ0) is 10.6. The summed E-state index contributed by atoms with van der Waals surface area (Å²) in [5.41, 5.74) is 1.64. The first kappa shape index (κ1) is 10.8. The van der Waals surface area contributed by atoms with E-state index in [4.69, 9.17) is 16.7 Å². The molecule has 0 aromatic heterocycles. The molecular formula is C11H11ClO2. The number of aliphatic carboxylic acids is 1. The maximum absolute atomic E-state index is 10.5. The lowest BCUT2D eigenvalue weighted by Crippen LogP contribution is -1.91. The molecule has 0 bridgehead atoms. The van der Waals surface area contributed by atoms with Gasteiger partial charge in [-0.1, -0.05) is 30.7 Å². The molecule has 1 rings (SSSR count). The third kappa shape index (κ3) is 2.89. The second-order valence-electron chi connectivity index (χ2n) is 2.87. The molecular weight excluding hydrogens is 200 g/mol. The highest BCUT2D eigenvalue weighted by molar-refractivity contribution is 6.30. The van der Waals surface area contributed by atoms with Gasteiger partial charge in [-0.05, 0) is 29.7 Å². The minimum Gasteiger partial charge on any atom is -0.478 e. The van der Waals surface area contributed by atoms with Crippen molar-refractivity contribution in [1.29, 1.82) is 0 Å². The molecule has 0 saturated heterocycles. The van der Waals surface area contributed by atoms with E-state index >= 15 is 0 Å². The van der Waals surface area contributed by atoms with Crippen LogP contribution in [0, 0.1) is 0 Å². The quantitative estimate of drug-likeness (QED) is 0.778. The molecule has 0 aliphatic heterocycles. The van der Waals surface area contributed by atoms with E-state index in [-0.39, 0.29) is 0 Å². The zero-order valence-corrected chi connectivity index (χ0v) is 8.58. The maximum atomic E-state index is 10.5. The van der Waals surface area contributed by atoms with Crippen LogP contribution < -0.4 is 0 Å². The van der Waals surface area contributed by atoms with E-state index in [2.05, 4.69) is 0 Å². The Bertz CT molecular complexity index is 369. The van der Waals surface area contributed by atoms with Crippen LogP contribution in [-0.2, 0) is 4.79 Å². The minimum atomic E-state index is -0.929. The smallest absolute Gasteiger partial charge is 0.328 e. The van der Waals surface area contributed by atoms with Gasteiger partial charge in [-0.3, -0.25) is 0 Å². The van der Waals surface area contributed by atoms with Crippen molar-refractivity contribution in [2.75, 3.05) is 0 Å². The van der Waals surface area contributed by atoms with Gasteiger partial charge < -0.3 is 5.11 Å². The lowest BCUT2D eigenvalue weighted by atomic mass is 10.0. The number of hydrogen-bond donors (Lipinski definition) is 1. The second kappa shape index (κ2) is 4.82. The SMILES string of the molecule is CC/C(=C\C(=O)O)c1cccc(Cl)c1. The number of benzene rings is 1. The molecule has 1 N–H and O–H groups in total. The second-order valence-corrected chi connectivity index (χ2v) is 3.31. The van der Waals surface area contributed by atoms with Gasteiger partial charge in [0.1, 0.15) is 0 Å². The molecule has 0 aliphatic carbocycles. The van der Waals surface area contributed by atoms with E-state index in [1.54, 1.807) is 12.1 Å². The van der Waals surface area contributed by atoms with Crippen LogP contribution in [0.3, 0.4) is 0 Å². The van der Waals surface area contributed by atoms with Gasteiger partial charge in [0, 0.05) is 11.1 Å². The van der Waals surface area contributed by atoms with Crippen molar-refractivity contribution in [2.24, 2.45) is 0 Å². The van der Waals surface area contributed by atoms with Gasteiger partial charge >= 0.3 is 5.97 Å². The van der Waals surface area contributed by atoms with Crippen molar-refractivity contribution in [2.45, 2.75) is 13.3 Å². The largest absolute Gasteiger partial charge is 0.478 e. The van der Waals surface area contributed by atoms with Gasteiger partial charge in [-0.25, -0.2) is 4.79 Å². The first-order valence-corrected chi connectivity index (χ1v) is 4.70. The van der Waals surface area contributed by atoms with E-state index in [0.29, 0.717) is 11.4 Å². The summed E-state index contributed by atoms with van der Waals surface area (Å²) in [5.74, 6) is -0.929. The highest BCUT2D eigenvalue weighted by Crippen LogP contribution is 2.21. The van der Waals surface area contributed by atoms with E-state index in [0.717, 1.165) is 11.1 Å². The van der Waals surface area contributed by atoms with Crippen molar-refractivity contribution >= 4 is 23.1 Å². The van der Waals surface area contributed by atoms with Crippen LogP contribution in [0.2, 0.25) is 5.02 Å². The third-order valence-corrected chi connectivity index (χ3v) is 2.11. The van der Waals surface area contributed by atoms with Crippen LogP contribution in [-0.4, -0.2) is 11.1 Å². The van der Waals surface area contributed by atoms with Crippen molar-refractivity contribution in [1.82, 2.24) is 0 Å². The standard InChI is InChI=1S/C11H11ClO2/c1-2-8(7-11(13)14)9-4-3-5-10(12)6-9/h3-7H,2H2,1H3,(H,13,14)/b8-7+. The molecule has 0 unspecified atom stereocenters. The summed E-state index contributed by atoms with van der Waals surface area (Å²) in [7, 11) is 0. The van der Waals surface area contributed by atoms with Crippen LogP contribution in [0.4, 0.5) is 0 Å². The summed E-state index contributed by atoms with van der Waals surface area (Å²) in [4.78, 5) is 10.5. The van der Waals surface area contributed by atoms with E-state index in [1.807, 2.05) is 19.1 Å². The van der Waals surface area contributed by atoms with Gasteiger partial charge in [-0.15, -0.1) is 0 Å². The van der Waals surface area contributed by atoms with E-state index in [9.17, 15) is 4.79 Å². The van der Waals surface area contributed by atoms with Crippen LogP contribution >= 0.6 is 11.6 Å². The third-order valence-electron chi connectivity index (χ3n) is 1.87. The Morgan fingerprint density at radius 1 is 1.57 bits per heavy atom. The predicted molar refractivity (Wildman–Crippen MR) is 57.4 cm³/mol. The monoisotopic (exact) mass is 210 g/mol. The minimum absolute atomic E-state index is 0.618. The van der Waals surface area contributed by atoms with Crippen molar-refractivity contribution < 1.29 is 9.90 Å². The lowest BCUT2D eigenvalue weighted by Gasteiger charge is -2.03. The molecule has 14 heavy (non-hydrogen) atoms. The number of allylic oxidation sites excluding steroid dienone is 1. The molecule has 0 spiro atoms. The van der Waals surface area contributed by atoms with Crippen LogP contribution in [0.5, 0.6) is 0 Å². The topological polar surface area (TPSA) is 37.3 Å². The number of carboxylic acid groups (broad SMARTS) is 1. The van der Waals surface area contributed by atoms with Crippen molar-refractivity contribution in [3.05, 3.63) is 40.9 Å². The van der Waals surface area contributed by atoms with Gasteiger partial charge in [-0.2, -0.15) is 0 Å². The van der Waals surface area contributed by atoms with Gasteiger partial charge in [0.15, 0.2) is 0 Å². The number of carboxylic acids is 1. The molecule has 0 aliphatic rings. The maximum Gasteiger partial charge on any atom is 0.328 e. The van der Waals surface area contributed by atoms with Gasteiger partial charge in [0.25, 0.3) is 0 Å². The lowest BCUT2D eigenvalue weighted by molar-refractivity contribution is -0.131. The molecule has 0 radical (unpaired) electrons. The van der Waals surface area contributed by atoms with Crippen molar-refractivity contribution in [3.8, 4) is 0 Å². The summed E-state index contributed by atoms with van der Waals surface area (Å²) in [6.07, 6.45) is 1.89. The highest BCUT2D eigenvalue weighted by atomic mass is 35.5. The summed E-state index contributed by atoms with van der Waals surface area (Å²) in [6, 6.07) is 7.19. The Morgan fingerprint density at radius 3 is 2.79 bits per heavy atom. The fourth-order valence-corrected chi connectivity index (χ4v) is 1.42. The molecule has 3 heteroatoms. The molecule has 1 aromatic rings. The average Bonchev–Trinajstić information content (AvgIpc) is 2.14. The predicted octanol–water partition coefficient (Wildman–Crippen LogP) is 3.22. The number of halogens is 1. The first-order chi connectivity index (χ1) is 6.63. The number of hydrogen-bond acceptors (Lipinski definition) is 1. The molecule has 74 valence electrons. The van der Waals surface area contributed by atoms with Gasteiger partial charge in [0.2, 0.25) is 0 Å². The van der Waals surface area contributed by atoms with E-state index < -0.39 is 5.97 Å². The summed E-state index contributed by atoms with van der Waals surface area (Å²) < 4.78 is 0. The Morgan fingerprint density at radius 2 is 2.29 bits per heavy atom. The Balaban J connectivity index is 3.07. The summed E-state index contributed by atoms with van der Waals surface area (Å²) >= 11 is 5.81. The van der Waals surface area contributed by atoms with Crippen LogP contribution in [0.15, 0.2) is 30.3 Å². The Kier molecular flexibility index (Phi) is 3.72. The first-order valence-electron chi connectivity index (χ1n) is 4.33. The highest BCUT2D eigenvalue weighted by Gasteiger charge is 2.02. The zero-order valence-electron chi connectivity index (χ0n) is 7.83. The van der Waals surface area contributed by atoms with Crippen molar-refractivity contribution in [3.63, 3.8) is 0 Å². The summed E-state index contributed by atoms with van der Waals surface area (Å²) in [5, 5.41) is 9.25. The average molecular weight is 211 g/mol. The van der Waals surface area contributed by atoms with E-state index in [1.165, 1.54) is 6.08 Å². The number of rotatable bonds is 3. The molecule has 0 atom stereocenters. The molecule has 2 nitrogen and oxygen atoms in total. The van der Waals surface area contributed by atoms with Crippen LogP contribution in [0.25, 0.3) is 5.57 Å². The summed E-state index contributed by atoms with van der Waals surface area (Å²) in [6.45, 7) is 1.91. The molecule has 0 amide bonds. The Labute approximate surface area is 87.8 Å². The fraction of sp³-hybridized carbons (Fsp3) is 0.182. The Hall–Kier alpha value is -1.28. The number of carbonyl (C=O) groups is 1. The molecule has 1 aromatic carbocycles. The molecule has 0 heterocycles. The molecule has 0 fully saturated rings.